The molecule has 0 bridgehead atoms. The first-order valence-electron chi connectivity index (χ1n) is 5.07. The fraction of sp³-hybridized carbons (Fsp3) is 0.909. The molecule has 0 radical (unpaired) electrons. The van der Waals surface area contributed by atoms with Crippen molar-refractivity contribution in [2.24, 2.45) is 11.3 Å². The molecule has 0 aliphatic heterocycles. The lowest BCUT2D eigenvalue weighted by Crippen LogP contribution is -2.19. The van der Waals surface area contributed by atoms with E-state index in [1.54, 1.807) is 0 Å². The van der Waals surface area contributed by atoms with Crippen LogP contribution in [0.4, 0.5) is 0 Å². The van der Waals surface area contributed by atoms with Crippen LogP contribution in [0.2, 0.25) is 0 Å². The third kappa shape index (κ3) is 8.05. The zero-order valence-electron chi connectivity index (χ0n) is 9.92. The lowest BCUT2D eigenvalue weighted by atomic mass is 9.99. The van der Waals surface area contributed by atoms with Crippen LogP contribution < -0.4 is 0 Å². The molecule has 0 fully saturated rings. The highest BCUT2D eigenvalue weighted by molar-refractivity contribution is 5.71. The van der Waals surface area contributed by atoms with Gasteiger partial charge in [0.05, 0.1) is 19.1 Å². The highest BCUT2D eigenvalue weighted by atomic mass is 16.6. The van der Waals surface area contributed by atoms with Gasteiger partial charge in [0.15, 0.2) is 0 Å². The maximum atomic E-state index is 11.0. The minimum atomic E-state index is -0.163. The van der Waals surface area contributed by atoms with Gasteiger partial charge in [0.2, 0.25) is 0 Å². The van der Waals surface area contributed by atoms with Crippen molar-refractivity contribution < 1.29 is 14.3 Å². The molecular formula is C11H22O3. The maximum absolute atomic E-state index is 11.0. The Morgan fingerprint density at radius 2 is 1.79 bits per heavy atom. The Hall–Kier alpha value is -0.570. The SMILES string of the molecule is CC(C)C(=O)OCCOCC(C)(C)C. The van der Waals surface area contributed by atoms with E-state index in [1.807, 2.05) is 13.8 Å². The van der Waals surface area contributed by atoms with Crippen LogP contribution in [0.25, 0.3) is 0 Å². The first-order chi connectivity index (χ1) is 6.33. The van der Waals surface area contributed by atoms with E-state index in [0.717, 1.165) is 0 Å². The molecule has 0 aromatic heterocycles. The Kier molecular flexibility index (Phi) is 5.77. The number of rotatable bonds is 5. The van der Waals surface area contributed by atoms with Gasteiger partial charge in [0.1, 0.15) is 6.61 Å². The number of carbonyl (C=O) groups is 1. The summed E-state index contributed by atoms with van der Waals surface area (Å²) in [5.41, 5.74) is 0.169. The van der Waals surface area contributed by atoms with Crippen LogP contribution in [0.5, 0.6) is 0 Å². The van der Waals surface area contributed by atoms with Gasteiger partial charge < -0.3 is 9.47 Å². The summed E-state index contributed by atoms with van der Waals surface area (Å²) in [4.78, 5) is 11.0. The van der Waals surface area contributed by atoms with E-state index < -0.39 is 0 Å². The lowest BCUT2D eigenvalue weighted by Gasteiger charge is -2.17. The number of ether oxygens (including phenoxy) is 2. The van der Waals surface area contributed by atoms with Gasteiger partial charge in [0, 0.05) is 0 Å². The first-order valence-corrected chi connectivity index (χ1v) is 5.07. The fourth-order valence-corrected chi connectivity index (χ4v) is 0.746. The summed E-state index contributed by atoms with van der Waals surface area (Å²) in [5.74, 6) is -0.220. The van der Waals surface area contributed by atoms with E-state index in [2.05, 4.69) is 20.8 Å². The van der Waals surface area contributed by atoms with Crippen LogP contribution in [-0.2, 0) is 14.3 Å². The van der Waals surface area contributed by atoms with Gasteiger partial charge in [-0.05, 0) is 5.41 Å². The predicted molar refractivity (Wildman–Crippen MR) is 56.1 cm³/mol. The molecule has 0 aliphatic carbocycles. The second-order valence-electron chi connectivity index (χ2n) is 4.94. The van der Waals surface area contributed by atoms with Crippen LogP contribution in [0.15, 0.2) is 0 Å². The van der Waals surface area contributed by atoms with E-state index >= 15 is 0 Å². The molecule has 3 heteroatoms. The van der Waals surface area contributed by atoms with Gasteiger partial charge >= 0.3 is 5.97 Å². The smallest absolute Gasteiger partial charge is 0.308 e. The van der Waals surface area contributed by atoms with E-state index in [-0.39, 0.29) is 17.3 Å². The molecule has 0 aromatic rings. The quantitative estimate of drug-likeness (QED) is 0.506. The summed E-state index contributed by atoms with van der Waals surface area (Å²) in [7, 11) is 0. The molecular weight excluding hydrogens is 180 g/mol. The Morgan fingerprint density at radius 1 is 1.21 bits per heavy atom. The molecule has 0 spiro atoms. The molecule has 14 heavy (non-hydrogen) atoms. The van der Waals surface area contributed by atoms with Crippen molar-refractivity contribution in [1.29, 1.82) is 0 Å². The minimum absolute atomic E-state index is 0.0578. The molecule has 0 aromatic carbocycles. The van der Waals surface area contributed by atoms with Gasteiger partial charge in [-0.2, -0.15) is 0 Å². The molecule has 0 atom stereocenters. The summed E-state index contributed by atoms with van der Waals surface area (Å²) in [5, 5.41) is 0. The first kappa shape index (κ1) is 13.4. The summed E-state index contributed by atoms with van der Waals surface area (Å²) >= 11 is 0. The van der Waals surface area contributed by atoms with Gasteiger partial charge in [-0.1, -0.05) is 34.6 Å². The molecule has 0 unspecified atom stereocenters. The summed E-state index contributed by atoms with van der Waals surface area (Å²) in [6.45, 7) is 11.5. The molecule has 0 saturated carbocycles. The van der Waals surface area contributed by atoms with Crippen molar-refractivity contribution in [1.82, 2.24) is 0 Å². The average Bonchev–Trinajstić information content (AvgIpc) is 2.01. The average molecular weight is 202 g/mol. The molecule has 0 heterocycles. The maximum Gasteiger partial charge on any atom is 0.308 e. The second kappa shape index (κ2) is 6.02. The van der Waals surface area contributed by atoms with E-state index in [1.165, 1.54) is 0 Å². The van der Waals surface area contributed by atoms with Crippen molar-refractivity contribution in [3.05, 3.63) is 0 Å². The van der Waals surface area contributed by atoms with Gasteiger partial charge in [-0.25, -0.2) is 0 Å². The van der Waals surface area contributed by atoms with Gasteiger partial charge in [-0.3, -0.25) is 4.79 Å². The summed E-state index contributed by atoms with van der Waals surface area (Å²) in [6, 6.07) is 0. The van der Waals surface area contributed by atoms with Crippen molar-refractivity contribution in [3.63, 3.8) is 0 Å². The van der Waals surface area contributed by atoms with Crippen molar-refractivity contribution in [3.8, 4) is 0 Å². The molecule has 0 rings (SSSR count). The third-order valence-corrected chi connectivity index (χ3v) is 1.48. The number of carbonyl (C=O) groups excluding carboxylic acids is 1. The largest absolute Gasteiger partial charge is 0.463 e. The fourth-order valence-electron chi connectivity index (χ4n) is 0.746. The normalized spacial score (nSPS) is 11.9. The number of hydrogen-bond acceptors (Lipinski definition) is 3. The molecule has 3 nitrogen and oxygen atoms in total. The second-order valence-corrected chi connectivity index (χ2v) is 4.94. The molecule has 0 saturated heterocycles. The third-order valence-electron chi connectivity index (χ3n) is 1.48. The van der Waals surface area contributed by atoms with E-state index in [9.17, 15) is 4.79 Å². The Bertz CT molecular complexity index is 168. The van der Waals surface area contributed by atoms with Crippen LogP contribution >= 0.6 is 0 Å². The molecule has 0 aliphatic rings. The van der Waals surface area contributed by atoms with Crippen molar-refractivity contribution in [2.75, 3.05) is 19.8 Å². The number of hydrogen-bond donors (Lipinski definition) is 0. The van der Waals surface area contributed by atoms with Crippen LogP contribution in [0.1, 0.15) is 34.6 Å². The zero-order valence-corrected chi connectivity index (χ0v) is 9.92. The van der Waals surface area contributed by atoms with Crippen LogP contribution in [0.3, 0.4) is 0 Å². The number of esters is 1. The van der Waals surface area contributed by atoms with Crippen LogP contribution in [0, 0.1) is 11.3 Å². The minimum Gasteiger partial charge on any atom is -0.463 e. The highest BCUT2D eigenvalue weighted by Gasteiger charge is 2.10. The molecule has 0 N–H and O–H groups in total. The van der Waals surface area contributed by atoms with E-state index in [4.69, 9.17) is 9.47 Å². The highest BCUT2D eigenvalue weighted by Crippen LogP contribution is 2.12. The van der Waals surface area contributed by atoms with Crippen molar-refractivity contribution in [2.45, 2.75) is 34.6 Å². The topological polar surface area (TPSA) is 35.5 Å². The standard InChI is InChI=1S/C11H22O3/c1-9(2)10(12)14-7-6-13-8-11(3,4)5/h9H,6-8H2,1-5H3. The van der Waals surface area contributed by atoms with E-state index in [0.29, 0.717) is 19.8 Å². The Labute approximate surface area is 86.8 Å². The molecule has 0 amide bonds. The Morgan fingerprint density at radius 3 is 2.21 bits per heavy atom. The van der Waals surface area contributed by atoms with Gasteiger partial charge in [-0.15, -0.1) is 0 Å². The molecule has 84 valence electrons. The van der Waals surface area contributed by atoms with Crippen molar-refractivity contribution >= 4 is 5.97 Å². The summed E-state index contributed by atoms with van der Waals surface area (Å²) < 4.78 is 10.3. The lowest BCUT2D eigenvalue weighted by molar-refractivity contribution is -0.149. The van der Waals surface area contributed by atoms with Gasteiger partial charge in [0.25, 0.3) is 0 Å². The Balaban J connectivity index is 3.35. The summed E-state index contributed by atoms with van der Waals surface area (Å²) in [6.07, 6.45) is 0. The zero-order chi connectivity index (χ0) is 11.2. The van der Waals surface area contributed by atoms with Crippen LogP contribution in [-0.4, -0.2) is 25.8 Å². The monoisotopic (exact) mass is 202 g/mol. The predicted octanol–water partition coefficient (Wildman–Crippen LogP) is 2.25.